The number of aromatic nitrogens is 2. The molecule has 1 aromatic rings. The predicted molar refractivity (Wildman–Crippen MR) is 55.3 cm³/mol. The van der Waals surface area contributed by atoms with Gasteiger partial charge in [-0.3, -0.25) is 4.68 Å². The van der Waals surface area contributed by atoms with Crippen LogP contribution >= 0.6 is 0 Å². The van der Waals surface area contributed by atoms with Gasteiger partial charge in [0, 0.05) is 12.7 Å². The van der Waals surface area contributed by atoms with Gasteiger partial charge in [-0.05, 0) is 19.9 Å². The number of aryl methyl sites for hydroxylation is 2. The Hall–Kier alpha value is -0.790. The molecule has 0 aliphatic heterocycles. The molecular formula is C10H22N2. The molecule has 2 heteroatoms. The van der Waals surface area contributed by atoms with Crippen molar-refractivity contribution in [3.63, 3.8) is 0 Å². The van der Waals surface area contributed by atoms with Gasteiger partial charge in [0.05, 0.1) is 5.69 Å². The summed E-state index contributed by atoms with van der Waals surface area (Å²) in [6.45, 7) is 13.0. The van der Waals surface area contributed by atoms with Crippen molar-refractivity contribution in [3.8, 4) is 0 Å². The molecule has 0 amide bonds. The van der Waals surface area contributed by atoms with Gasteiger partial charge in [0.1, 0.15) is 0 Å². The van der Waals surface area contributed by atoms with Crippen molar-refractivity contribution < 1.29 is 0 Å². The average molecular weight is 170 g/mol. The van der Waals surface area contributed by atoms with Gasteiger partial charge in [-0.25, -0.2) is 0 Å². The fourth-order valence-corrected chi connectivity index (χ4v) is 0.639. The molecule has 0 saturated heterocycles. The van der Waals surface area contributed by atoms with E-state index in [1.165, 1.54) is 0 Å². The smallest absolute Gasteiger partial charge is 0.0593 e. The van der Waals surface area contributed by atoms with Gasteiger partial charge in [0.25, 0.3) is 0 Å². The zero-order valence-electron chi connectivity index (χ0n) is 9.26. The van der Waals surface area contributed by atoms with E-state index in [0.717, 1.165) is 12.2 Å². The van der Waals surface area contributed by atoms with Crippen LogP contribution in [0.1, 0.15) is 40.3 Å². The van der Waals surface area contributed by atoms with E-state index in [-0.39, 0.29) is 0 Å². The summed E-state index contributed by atoms with van der Waals surface area (Å²) in [5.41, 5.74) is 1.09. The van der Waals surface area contributed by atoms with Gasteiger partial charge < -0.3 is 0 Å². The van der Waals surface area contributed by atoms with Crippen LogP contribution in [0.4, 0.5) is 0 Å². The Morgan fingerprint density at radius 2 is 1.75 bits per heavy atom. The van der Waals surface area contributed by atoms with Gasteiger partial charge in [0.15, 0.2) is 0 Å². The fourth-order valence-electron chi connectivity index (χ4n) is 0.639. The van der Waals surface area contributed by atoms with E-state index in [1.807, 2.05) is 51.6 Å². The van der Waals surface area contributed by atoms with Crippen molar-refractivity contribution >= 4 is 0 Å². The molecule has 0 fully saturated rings. The molecule has 0 bridgehead atoms. The Labute approximate surface area is 76.6 Å². The largest absolute Gasteiger partial charge is 0.273 e. The lowest BCUT2D eigenvalue weighted by Gasteiger charge is -1.89. The third-order valence-electron chi connectivity index (χ3n) is 1.10. The minimum atomic E-state index is 0.966. The summed E-state index contributed by atoms with van der Waals surface area (Å²) in [5, 5.41) is 4.15. The second-order valence-electron chi connectivity index (χ2n) is 1.81. The van der Waals surface area contributed by atoms with E-state index in [2.05, 4.69) is 12.0 Å². The molecule has 0 aliphatic carbocycles. The Morgan fingerprint density at radius 3 is 1.92 bits per heavy atom. The minimum Gasteiger partial charge on any atom is -0.273 e. The zero-order valence-corrected chi connectivity index (χ0v) is 9.26. The van der Waals surface area contributed by atoms with Gasteiger partial charge >= 0.3 is 0 Å². The topological polar surface area (TPSA) is 17.8 Å². The van der Waals surface area contributed by atoms with Crippen molar-refractivity contribution in [2.24, 2.45) is 0 Å². The van der Waals surface area contributed by atoms with Gasteiger partial charge in [0.2, 0.25) is 0 Å². The number of nitrogens with zero attached hydrogens (tertiary/aromatic N) is 2. The highest BCUT2D eigenvalue weighted by Crippen LogP contribution is 1.90. The molecule has 12 heavy (non-hydrogen) atoms. The molecule has 0 unspecified atom stereocenters. The molecule has 0 aliphatic rings. The Balaban J connectivity index is 0. The summed E-state index contributed by atoms with van der Waals surface area (Å²) in [6.07, 6.45) is 1.98. The van der Waals surface area contributed by atoms with E-state index < -0.39 is 0 Å². The SMILES string of the molecule is CC.CC.CCn1ccc(C)n1. The molecule has 0 radical (unpaired) electrons. The highest BCUT2D eigenvalue weighted by molar-refractivity contribution is 4.94. The highest BCUT2D eigenvalue weighted by Gasteiger charge is 1.86. The van der Waals surface area contributed by atoms with E-state index >= 15 is 0 Å². The maximum Gasteiger partial charge on any atom is 0.0593 e. The monoisotopic (exact) mass is 170 g/mol. The van der Waals surface area contributed by atoms with Gasteiger partial charge in [-0.2, -0.15) is 5.10 Å². The summed E-state index contributed by atoms with van der Waals surface area (Å²) in [6, 6.07) is 2.00. The maximum atomic E-state index is 4.15. The first-order valence-electron chi connectivity index (χ1n) is 4.83. The Bertz CT molecular complexity index is 168. The number of hydrogen-bond acceptors (Lipinski definition) is 1. The molecule has 0 aromatic carbocycles. The first-order chi connectivity index (χ1) is 5.83. The summed E-state index contributed by atoms with van der Waals surface area (Å²) < 4.78 is 1.91. The average Bonchev–Trinajstić information content (AvgIpc) is 2.58. The van der Waals surface area contributed by atoms with Crippen LogP contribution in [0.5, 0.6) is 0 Å². The minimum absolute atomic E-state index is 0.966. The molecule has 1 heterocycles. The van der Waals surface area contributed by atoms with E-state index in [0.29, 0.717) is 0 Å². The molecule has 0 saturated carbocycles. The lowest BCUT2D eigenvalue weighted by molar-refractivity contribution is 0.653. The molecule has 2 nitrogen and oxygen atoms in total. The normalized spacial score (nSPS) is 7.50. The van der Waals surface area contributed by atoms with Crippen molar-refractivity contribution in [1.82, 2.24) is 9.78 Å². The second kappa shape index (κ2) is 10.2. The summed E-state index contributed by atoms with van der Waals surface area (Å²) >= 11 is 0. The maximum absolute atomic E-state index is 4.15. The number of hydrogen-bond donors (Lipinski definition) is 0. The molecule has 1 rings (SSSR count). The third kappa shape index (κ3) is 5.96. The van der Waals surface area contributed by atoms with Crippen LogP contribution in [0.2, 0.25) is 0 Å². The molecule has 0 N–H and O–H groups in total. The van der Waals surface area contributed by atoms with Crippen molar-refractivity contribution in [2.75, 3.05) is 0 Å². The van der Waals surface area contributed by atoms with Crippen molar-refractivity contribution in [1.29, 1.82) is 0 Å². The first kappa shape index (κ1) is 13.8. The molecular weight excluding hydrogens is 148 g/mol. The summed E-state index contributed by atoms with van der Waals surface area (Å²) in [4.78, 5) is 0. The lowest BCUT2D eigenvalue weighted by atomic mass is 10.5. The Morgan fingerprint density at radius 1 is 1.25 bits per heavy atom. The fraction of sp³-hybridized carbons (Fsp3) is 0.700. The molecule has 0 atom stereocenters. The van der Waals surface area contributed by atoms with Crippen LogP contribution in [-0.2, 0) is 6.54 Å². The quantitative estimate of drug-likeness (QED) is 0.632. The molecule has 1 aromatic heterocycles. The standard InChI is InChI=1S/C6H10N2.2C2H6/c1-3-8-5-4-6(2)7-8;2*1-2/h4-5H,3H2,1-2H3;2*1-2H3. The lowest BCUT2D eigenvalue weighted by Crippen LogP contribution is -1.93. The Kier molecular flexibility index (Phi) is 11.7. The summed E-state index contributed by atoms with van der Waals surface area (Å²) in [5.74, 6) is 0. The van der Waals surface area contributed by atoms with Crippen LogP contribution < -0.4 is 0 Å². The van der Waals surface area contributed by atoms with Crippen LogP contribution in [0.15, 0.2) is 12.3 Å². The van der Waals surface area contributed by atoms with Crippen molar-refractivity contribution in [3.05, 3.63) is 18.0 Å². The van der Waals surface area contributed by atoms with Crippen LogP contribution in [0.3, 0.4) is 0 Å². The van der Waals surface area contributed by atoms with E-state index in [9.17, 15) is 0 Å². The second-order valence-corrected chi connectivity index (χ2v) is 1.81. The van der Waals surface area contributed by atoms with Crippen LogP contribution in [0, 0.1) is 6.92 Å². The third-order valence-corrected chi connectivity index (χ3v) is 1.10. The zero-order chi connectivity index (χ0) is 9.98. The molecule has 72 valence electrons. The van der Waals surface area contributed by atoms with Crippen molar-refractivity contribution in [2.45, 2.75) is 48.1 Å². The van der Waals surface area contributed by atoms with E-state index in [4.69, 9.17) is 0 Å². The van der Waals surface area contributed by atoms with Gasteiger partial charge in [-0.15, -0.1) is 0 Å². The highest BCUT2D eigenvalue weighted by atomic mass is 15.3. The molecule has 0 spiro atoms. The number of rotatable bonds is 1. The van der Waals surface area contributed by atoms with Gasteiger partial charge in [-0.1, -0.05) is 27.7 Å². The first-order valence-corrected chi connectivity index (χ1v) is 4.83. The summed E-state index contributed by atoms with van der Waals surface area (Å²) in [7, 11) is 0. The van der Waals surface area contributed by atoms with E-state index in [1.54, 1.807) is 0 Å². The predicted octanol–water partition coefficient (Wildman–Crippen LogP) is 3.26. The van der Waals surface area contributed by atoms with Crippen LogP contribution in [0.25, 0.3) is 0 Å². The van der Waals surface area contributed by atoms with Crippen LogP contribution in [-0.4, -0.2) is 9.78 Å².